The molecule has 0 spiro atoms. The van der Waals surface area contributed by atoms with Crippen molar-refractivity contribution in [2.45, 2.75) is 17.4 Å². The highest BCUT2D eigenvalue weighted by molar-refractivity contribution is 7.89. The number of sulfonamides is 1. The number of hydrogen-bond donors (Lipinski definition) is 1. The fourth-order valence-electron chi connectivity index (χ4n) is 2.51. The smallest absolute Gasteiger partial charge is 0.338 e. The van der Waals surface area contributed by atoms with E-state index in [0.717, 1.165) is 18.2 Å². The van der Waals surface area contributed by atoms with Crippen molar-refractivity contribution in [3.63, 3.8) is 0 Å². The molecule has 1 aliphatic heterocycles. The third-order valence-corrected chi connectivity index (χ3v) is 5.61. The molecule has 25 heavy (non-hydrogen) atoms. The van der Waals surface area contributed by atoms with Crippen LogP contribution in [0.2, 0.25) is 0 Å². The number of aromatic carboxylic acids is 1. The minimum absolute atomic E-state index is 0.0820. The number of carbonyl (C=O) groups is 1. The van der Waals surface area contributed by atoms with Crippen molar-refractivity contribution in [1.82, 2.24) is 14.5 Å². The molecular weight excluding hydrogens is 353 g/mol. The van der Waals surface area contributed by atoms with Gasteiger partial charge in [0.1, 0.15) is 11.9 Å². The molecule has 0 bridgehead atoms. The fourth-order valence-corrected chi connectivity index (χ4v) is 4.02. The first-order chi connectivity index (χ1) is 11.9. The van der Waals surface area contributed by atoms with Crippen LogP contribution in [-0.2, 0) is 10.0 Å². The molecule has 1 aliphatic rings. The van der Waals surface area contributed by atoms with Gasteiger partial charge in [0.2, 0.25) is 15.9 Å². The zero-order valence-electron chi connectivity index (χ0n) is 12.9. The van der Waals surface area contributed by atoms with Gasteiger partial charge in [-0.3, -0.25) is 0 Å². The van der Waals surface area contributed by atoms with Crippen molar-refractivity contribution < 1.29 is 27.4 Å². The first-order valence-corrected chi connectivity index (χ1v) is 8.79. The van der Waals surface area contributed by atoms with E-state index < -0.39 is 33.5 Å². The number of rotatable bonds is 5. The largest absolute Gasteiger partial charge is 0.478 e. The normalized spacial score (nSPS) is 18.2. The van der Waals surface area contributed by atoms with Crippen LogP contribution in [0.15, 0.2) is 41.4 Å². The van der Waals surface area contributed by atoms with Gasteiger partial charge in [-0.15, -0.1) is 5.10 Å². The summed E-state index contributed by atoms with van der Waals surface area (Å²) in [7, 11) is -3.95. The fraction of sp³-hybridized carbons (Fsp3) is 0.267. The van der Waals surface area contributed by atoms with Gasteiger partial charge < -0.3 is 9.84 Å². The molecule has 0 amide bonds. The van der Waals surface area contributed by atoms with Crippen LogP contribution in [0.25, 0.3) is 0 Å². The maximum atomic E-state index is 13.5. The Morgan fingerprint density at radius 1 is 1.36 bits per heavy atom. The highest BCUT2D eigenvalue weighted by Gasteiger charge is 2.34. The molecule has 0 unspecified atom stereocenters. The molecule has 3 rings (SSSR count). The molecule has 0 aliphatic carbocycles. The molecule has 132 valence electrons. The van der Waals surface area contributed by atoms with Crippen molar-refractivity contribution >= 4 is 16.0 Å². The molecule has 1 N–H and O–H groups in total. The second-order valence-corrected chi connectivity index (χ2v) is 7.34. The van der Waals surface area contributed by atoms with E-state index >= 15 is 0 Å². The van der Waals surface area contributed by atoms with Crippen molar-refractivity contribution in [2.75, 3.05) is 13.1 Å². The molecule has 2 aromatic rings. The number of benzene rings is 1. The van der Waals surface area contributed by atoms with E-state index in [1.165, 1.54) is 10.5 Å². The Morgan fingerprint density at radius 3 is 2.84 bits per heavy atom. The first kappa shape index (κ1) is 17.2. The second kappa shape index (κ2) is 6.73. The summed E-state index contributed by atoms with van der Waals surface area (Å²) in [6.07, 6.45) is 1.54. The zero-order chi connectivity index (χ0) is 18.0. The number of hydrogen-bond acceptors (Lipinski definition) is 6. The van der Waals surface area contributed by atoms with Crippen LogP contribution in [0.4, 0.5) is 4.39 Å². The van der Waals surface area contributed by atoms with Crippen LogP contribution in [0, 0.1) is 5.82 Å². The van der Waals surface area contributed by atoms with Crippen molar-refractivity contribution in [3.05, 3.63) is 47.9 Å². The molecule has 1 aromatic heterocycles. The van der Waals surface area contributed by atoms with Crippen molar-refractivity contribution in [3.8, 4) is 5.88 Å². The Hall–Kier alpha value is -2.59. The molecule has 1 saturated heterocycles. The van der Waals surface area contributed by atoms with Crippen LogP contribution in [-0.4, -0.2) is 53.2 Å². The summed E-state index contributed by atoms with van der Waals surface area (Å²) < 4.78 is 45.5. The summed E-state index contributed by atoms with van der Waals surface area (Å²) in [5.41, 5.74) is -0.687. The lowest BCUT2D eigenvalue weighted by atomic mass is 10.2. The quantitative estimate of drug-likeness (QED) is 0.844. The van der Waals surface area contributed by atoms with Gasteiger partial charge in [-0.25, -0.2) is 17.6 Å². The summed E-state index contributed by atoms with van der Waals surface area (Å²) in [5.74, 6) is -2.22. The minimum Gasteiger partial charge on any atom is -0.478 e. The molecule has 1 atom stereocenters. The van der Waals surface area contributed by atoms with Gasteiger partial charge in [0.25, 0.3) is 0 Å². The van der Waals surface area contributed by atoms with Crippen LogP contribution in [0.5, 0.6) is 5.88 Å². The number of nitrogens with zero attached hydrogens (tertiary/aromatic N) is 3. The predicted octanol–water partition coefficient (Wildman–Crippen LogP) is 1.16. The van der Waals surface area contributed by atoms with Crippen LogP contribution < -0.4 is 4.74 Å². The molecule has 0 radical (unpaired) electrons. The Balaban J connectivity index is 1.77. The lowest BCUT2D eigenvalue weighted by Gasteiger charge is -2.17. The van der Waals surface area contributed by atoms with Gasteiger partial charge in [0.15, 0.2) is 0 Å². The van der Waals surface area contributed by atoms with Gasteiger partial charge in [0, 0.05) is 18.8 Å². The summed E-state index contributed by atoms with van der Waals surface area (Å²) >= 11 is 0. The monoisotopic (exact) mass is 367 g/mol. The van der Waals surface area contributed by atoms with Crippen LogP contribution >= 0.6 is 0 Å². The first-order valence-electron chi connectivity index (χ1n) is 7.35. The molecule has 10 heteroatoms. The van der Waals surface area contributed by atoms with E-state index in [9.17, 15) is 17.6 Å². The van der Waals surface area contributed by atoms with E-state index in [2.05, 4.69) is 10.2 Å². The molecule has 0 saturated carbocycles. The third kappa shape index (κ3) is 3.59. The Morgan fingerprint density at radius 2 is 2.16 bits per heavy atom. The Kier molecular flexibility index (Phi) is 4.64. The highest BCUT2D eigenvalue weighted by atomic mass is 32.2. The highest BCUT2D eigenvalue weighted by Crippen LogP contribution is 2.24. The van der Waals surface area contributed by atoms with Crippen LogP contribution in [0.3, 0.4) is 0 Å². The van der Waals surface area contributed by atoms with Gasteiger partial charge >= 0.3 is 5.97 Å². The zero-order valence-corrected chi connectivity index (χ0v) is 13.7. The standard InChI is InChI=1S/C15H14FN3O5S/c16-13-4-3-11(8-12(13)15(20)21)25(22,23)19-7-5-10(9-19)24-14-2-1-6-17-18-14/h1-4,6,8,10H,5,7,9H2,(H,20,21)/t10-/m0/s1. The SMILES string of the molecule is O=C(O)c1cc(S(=O)(=O)N2CC[C@H](Oc3cccnn3)C2)ccc1F. The molecular formula is C15H14FN3O5S. The average Bonchev–Trinajstić information content (AvgIpc) is 3.05. The third-order valence-electron chi connectivity index (χ3n) is 3.75. The molecule has 1 fully saturated rings. The summed E-state index contributed by atoms with van der Waals surface area (Å²) in [5, 5.41) is 16.4. The number of carboxylic acid groups (broad SMARTS) is 1. The van der Waals surface area contributed by atoms with Crippen molar-refractivity contribution in [1.29, 1.82) is 0 Å². The summed E-state index contributed by atoms with van der Waals surface area (Å²) in [6, 6.07) is 5.97. The Labute approximate surface area is 142 Å². The Bertz CT molecular complexity index is 891. The van der Waals surface area contributed by atoms with E-state index in [0.29, 0.717) is 12.3 Å². The number of ether oxygens (including phenoxy) is 1. The summed E-state index contributed by atoms with van der Waals surface area (Å²) in [6.45, 7) is 0.283. The lowest BCUT2D eigenvalue weighted by molar-refractivity contribution is 0.0691. The van der Waals surface area contributed by atoms with Gasteiger partial charge in [-0.1, -0.05) is 0 Å². The van der Waals surface area contributed by atoms with E-state index in [1.54, 1.807) is 12.1 Å². The minimum atomic E-state index is -3.95. The van der Waals surface area contributed by atoms with E-state index in [4.69, 9.17) is 9.84 Å². The predicted molar refractivity (Wildman–Crippen MR) is 83.2 cm³/mol. The van der Waals surface area contributed by atoms with Gasteiger partial charge in [-0.2, -0.15) is 9.40 Å². The number of carboxylic acids is 1. The topological polar surface area (TPSA) is 110 Å². The second-order valence-electron chi connectivity index (χ2n) is 5.40. The summed E-state index contributed by atoms with van der Waals surface area (Å²) in [4.78, 5) is 10.7. The van der Waals surface area contributed by atoms with Crippen molar-refractivity contribution in [2.24, 2.45) is 0 Å². The van der Waals surface area contributed by atoms with Gasteiger partial charge in [-0.05, 0) is 30.7 Å². The number of halogens is 1. The molecule has 2 heterocycles. The number of aromatic nitrogens is 2. The lowest BCUT2D eigenvalue weighted by Crippen LogP contribution is -2.31. The van der Waals surface area contributed by atoms with E-state index in [-0.39, 0.29) is 18.0 Å². The molecule has 8 nitrogen and oxygen atoms in total. The van der Waals surface area contributed by atoms with E-state index in [1.807, 2.05) is 0 Å². The maximum Gasteiger partial charge on any atom is 0.338 e. The van der Waals surface area contributed by atoms with Crippen LogP contribution in [0.1, 0.15) is 16.8 Å². The molecule has 1 aromatic carbocycles. The maximum absolute atomic E-state index is 13.5. The average molecular weight is 367 g/mol. The van der Waals surface area contributed by atoms with Gasteiger partial charge in [0.05, 0.1) is 17.0 Å².